The smallest absolute Gasteiger partial charge is 0.408 e. The maximum absolute atomic E-state index is 14.2. The second-order valence-electron chi connectivity index (χ2n) is 14.5. The van der Waals surface area contributed by atoms with Crippen molar-refractivity contribution in [3.8, 4) is 11.6 Å². The van der Waals surface area contributed by atoms with E-state index in [0.717, 1.165) is 49.7 Å². The normalized spacial score (nSPS) is 32.5. The Labute approximate surface area is 264 Å². The van der Waals surface area contributed by atoms with Crippen molar-refractivity contribution in [3.63, 3.8) is 0 Å². The number of aromatic nitrogens is 2. The second-order valence-corrected chi connectivity index (χ2v) is 14.5. The number of rotatable bonds is 2. The van der Waals surface area contributed by atoms with E-state index in [-0.39, 0.29) is 12.6 Å². The molecule has 1 saturated heterocycles. The molecule has 3 fully saturated rings. The number of benzene rings is 1. The highest BCUT2D eigenvalue weighted by Crippen LogP contribution is 2.51. The number of amides is 2. The number of carboxylic acid groups (broad SMARTS) is 1. The number of hydrogen-bond donors (Lipinski definition) is 2. The van der Waals surface area contributed by atoms with Gasteiger partial charge in [-0.1, -0.05) is 40.5 Å². The van der Waals surface area contributed by atoms with Crippen molar-refractivity contribution in [2.24, 2.45) is 29.1 Å². The highest BCUT2D eigenvalue weighted by molar-refractivity contribution is 5.90. The van der Waals surface area contributed by atoms with Crippen molar-refractivity contribution >= 4 is 29.0 Å². The second kappa shape index (κ2) is 12.3. The summed E-state index contributed by atoms with van der Waals surface area (Å²) in [4.78, 5) is 51.3. The topological polar surface area (TPSA) is 140 Å². The summed E-state index contributed by atoms with van der Waals surface area (Å²) in [5.74, 6) is 0.0765. The number of hydrogen-bond acceptors (Lipinski definition) is 8. The van der Waals surface area contributed by atoms with E-state index >= 15 is 0 Å². The summed E-state index contributed by atoms with van der Waals surface area (Å²) in [7, 11) is 1.59. The summed E-state index contributed by atoms with van der Waals surface area (Å²) in [5.41, 5.74) is 1.36. The van der Waals surface area contributed by atoms with Crippen LogP contribution in [-0.2, 0) is 20.7 Å². The zero-order valence-corrected chi connectivity index (χ0v) is 27.0. The number of aryl methyl sites for hydroxylation is 1. The quantitative estimate of drug-likeness (QED) is 0.474. The summed E-state index contributed by atoms with van der Waals surface area (Å²) in [6.07, 6.45) is 6.42. The van der Waals surface area contributed by atoms with Gasteiger partial charge in [0.1, 0.15) is 35.7 Å². The summed E-state index contributed by atoms with van der Waals surface area (Å²) < 4.78 is 18.0. The molecule has 6 rings (SSSR count). The first-order valence-electron chi connectivity index (χ1n) is 16.5. The van der Waals surface area contributed by atoms with Crippen LogP contribution in [0.4, 0.5) is 4.79 Å². The number of nitrogens with zero attached hydrogens (tertiary/aromatic N) is 3. The molecule has 4 aliphatic rings. The molecule has 3 heterocycles. The lowest BCUT2D eigenvalue weighted by Crippen LogP contribution is -2.57. The van der Waals surface area contributed by atoms with Crippen LogP contribution in [0.3, 0.4) is 0 Å². The predicted molar refractivity (Wildman–Crippen MR) is 166 cm³/mol. The fraction of sp³-hybridized carbons (Fsp3) is 0.676. The number of carbonyl (C=O) groups is 3. The monoisotopic (exact) mass is 622 g/mol. The van der Waals surface area contributed by atoms with E-state index in [1.54, 1.807) is 20.1 Å². The highest BCUT2D eigenvalue weighted by Gasteiger charge is 2.52. The molecule has 2 aliphatic carbocycles. The van der Waals surface area contributed by atoms with Crippen LogP contribution in [0.15, 0.2) is 18.2 Å². The van der Waals surface area contributed by atoms with E-state index in [4.69, 9.17) is 24.2 Å². The van der Waals surface area contributed by atoms with Gasteiger partial charge in [-0.15, -0.1) is 0 Å². The molecule has 4 bridgehead atoms. The highest BCUT2D eigenvalue weighted by atomic mass is 16.6. The van der Waals surface area contributed by atoms with Gasteiger partial charge < -0.3 is 29.5 Å². The van der Waals surface area contributed by atoms with Crippen LogP contribution < -0.4 is 14.8 Å². The van der Waals surface area contributed by atoms with Crippen LogP contribution in [-0.4, -0.2) is 75.9 Å². The average molecular weight is 623 g/mol. The standard InChI is InChI=1S/C34H46N4O7/c1-18-26-17-38(27(18)32(40)41)31(39)29(34(2,3)4)37-33(42)45-28-20-12-11-19(15-20)22(28)9-7-6-8-10-24-30(44-26)36-25-16-21(43-5)13-14-23(25)35-24/h13-14,16,18-20,22,26-29H,6-12,15,17H2,1-5H3,(H,37,42)(H,40,41)/t18-,19-,20+,22-,26+,27+,28-,29-/m1/s1. The molecule has 2 amide bonds. The Morgan fingerprint density at radius 1 is 1.04 bits per heavy atom. The molecular weight excluding hydrogens is 576 g/mol. The maximum atomic E-state index is 14.2. The lowest BCUT2D eigenvalue weighted by molar-refractivity contribution is -0.151. The van der Waals surface area contributed by atoms with Crippen LogP contribution in [0.5, 0.6) is 11.6 Å². The zero-order chi connectivity index (χ0) is 32.0. The molecule has 11 nitrogen and oxygen atoms in total. The molecule has 2 aromatic rings. The molecule has 0 spiro atoms. The van der Waals surface area contributed by atoms with E-state index in [2.05, 4.69) is 5.32 Å². The van der Waals surface area contributed by atoms with Gasteiger partial charge in [-0.25, -0.2) is 19.6 Å². The molecule has 1 aromatic heterocycles. The number of alkyl carbamates (subject to hydrolysis) is 1. The molecule has 8 atom stereocenters. The van der Waals surface area contributed by atoms with Crippen LogP contribution in [0.25, 0.3) is 11.0 Å². The van der Waals surface area contributed by atoms with Crippen molar-refractivity contribution in [2.75, 3.05) is 13.7 Å². The molecule has 2 N–H and O–H groups in total. The van der Waals surface area contributed by atoms with E-state index in [1.807, 2.05) is 32.9 Å². The third-order valence-corrected chi connectivity index (χ3v) is 10.6. The first-order chi connectivity index (χ1) is 21.4. The molecule has 0 unspecified atom stereocenters. The zero-order valence-electron chi connectivity index (χ0n) is 27.0. The van der Waals surface area contributed by atoms with E-state index in [1.165, 1.54) is 11.3 Å². The summed E-state index contributed by atoms with van der Waals surface area (Å²) in [6, 6.07) is 3.40. The molecule has 11 heteroatoms. The number of fused-ring (bicyclic) bond motifs is 9. The first kappa shape index (κ1) is 31.4. The molecule has 244 valence electrons. The van der Waals surface area contributed by atoms with Crippen molar-refractivity contribution in [2.45, 2.75) is 103 Å². The van der Waals surface area contributed by atoms with Crippen LogP contribution in [0.1, 0.15) is 78.3 Å². The van der Waals surface area contributed by atoms with Gasteiger partial charge in [0.05, 0.1) is 24.7 Å². The predicted octanol–water partition coefficient (Wildman–Crippen LogP) is 4.99. The minimum atomic E-state index is -1.14. The van der Waals surface area contributed by atoms with Gasteiger partial charge in [-0.05, 0) is 73.8 Å². The first-order valence-corrected chi connectivity index (χ1v) is 16.5. The molecule has 45 heavy (non-hydrogen) atoms. The van der Waals surface area contributed by atoms with Gasteiger partial charge in [-0.2, -0.15) is 0 Å². The van der Waals surface area contributed by atoms with Crippen LogP contribution in [0.2, 0.25) is 0 Å². The average Bonchev–Trinajstić information content (AvgIpc) is 3.68. The fourth-order valence-electron chi connectivity index (χ4n) is 8.15. The van der Waals surface area contributed by atoms with Crippen LogP contribution >= 0.6 is 0 Å². The van der Waals surface area contributed by atoms with E-state index < -0.39 is 47.5 Å². The molecule has 0 radical (unpaired) electrons. The number of nitrogens with one attached hydrogen (secondary N) is 1. The molecule has 1 aromatic carbocycles. The minimum Gasteiger partial charge on any atom is -0.497 e. The van der Waals surface area contributed by atoms with Crippen molar-refractivity contribution in [1.29, 1.82) is 0 Å². The Morgan fingerprint density at radius 2 is 1.82 bits per heavy atom. The van der Waals surface area contributed by atoms with Gasteiger partial charge in [-0.3, -0.25) is 4.79 Å². The minimum absolute atomic E-state index is 0.0337. The SMILES string of the molecule is COc1ccc2nc3c(nc2c1)O[C@H]1CN(C(=O)[C@H](C(C)(C)C)NC(=O)O[C@@H]2[C@H]4CC[C@H](C4)[C@H]2CCCCC3)[C@H](C(=O)O)[C@@H]1C. The Bertz CT molecular complexity index is 1460. The Hall–Kier alpha value is -3.63. The number of methoxy groups -OCH3 is 1. The molecular formula is C34H46N4O7. The Morgan fingerprint density at radius 3 is 2.56 bits per heavy atom. The van der Waals surface area contributed by atoms with Gasteiger partial charge in [0.15, 0.2) is 0 Å². The fourth-order valence-corrected chi connectivity index (χ4v) is 8.15. The lowest BCUT2D eigenvalue weighted by Gasteiger charge is -2.36. The number of carboxylic acids is 1. The third-order valence-electron chi connectivity index (χ3n) is 10.6. The summed E-state index contributed by atoms with van der Waals surface area (Å²) >= 11 is 0. The number of carbonyl (C=O) groups excluding carboxylic acids is 2. The Kier molecular flexibility index (Phi) is 8.56. The lowest BCUT2D eigenvalue weighted by atomic mass is 9.82. The van der Waals surface area contributed by atoms with Crippen molar-refractivity contribution < 1.29 is 33.7 Å². The third kappa shape index (κ3) is 6.14. The Balaban J connectivity index is 1.37. The number of aliphatic carboxylic acids is 1. The van der Waals surface area contributed by atoms with E-state index in [9.17, 15) is 19.5 Å². The van der Waals surface area contributed by atoms with Gasteiger partial charge in [0, 0.05) is 12.0 Å². The van der Waals surface area contributed by atoms with Crippen LogP contribution in [0, 0.1) is 29.1 Å². The van der Waals surface area contributed by atoms with E-state index in [0.29, 0.717) is 41.3 Å². The van der Waals surface area contributed by atoms with Gasteiger partial charge >= 0.3 is 12.1 Å². The number of ether oxygens (including phenoxy) is 3. The largest absolute Gasteiger partial charge is 0.497 e. The van der Waals surface area contributed by atoms with Crippen molar-refractivity contribution in [3.05, 3.63) is 23.9 Å². The van der Waals surface area contributed by atoms with Gasteiger partial charge in [0.2, 0.25) is 11.8 Å². The molecule has 2 aliphatic heterocycles. The van der Waals surface area contributed by atoms with Crippen molar-refractivity contribution in [1.82, 2.24) is 20.2 Å². The summed E-state index contributed by atoms with van der Waals surface area (Å²) in [5, 5.41) is 13.2. The van der Waals surface area contributed by atoms with Gasteiger partial charge in [0.25, 0.3) is 0 Å². The molecule has 2 saturated carbocycles. The summed E-state index contributed by atoms with van der Waals surface area (Å²) in [6.45, 7) is 7.38. The maximum Gasteiger partial charge on any atom is 0.408 e.